The minimum atomic E-state index is -1.26. The first-order valence-electron chi connectivity index (χ1n) is 9.12. The number of esters is 2. The van der Waals surface area contributed by atoms with Crippen LogP contribution in [-0.4, -0.2) is 42.8 Å². The molecule has 1 aromatic rings. The molecule has 3 heterocycles. The van der Waals surface area contributed by atoms with Crippen molar-refractivity contribution in [2.75, 3.05) is 25.1 Å². The molecule has 0 aliphatic carbocycles. The van der Waals surface area contributed by atoms with Crippen LogP contribution in [0.3, 0.4) is 0 Å². The first-order chi connectivity index (χ1) is 12.8. The van der Waals surface area contributed by atoms with Gasteiger partial charge >= 0.3 is 11.9 Å². The summed E-state index contributed by atoms with van der Waals surface area (Å²) in [5.74, 6) is -0.658. The van der Waals surface area contributed by atoms with E-state index >= 15 is 0 Å². The van der Waals surface area contributed by atoms with E-state index in [2.05, 4.69) is 16.9 Å². The van der Waals surface area contributed by atoms with Crippen molar-refractivity contribution in [3.8, 4) is 0 Å². The fourth-order valence-electron chi connectivity index (χ4n) is 3.50. The van der Waals surface area contributed by atoms with Gasteiger partial charge in [0.25, 0.3) is 0 Å². The number of hydrogen-bond acceptors (Lipinski definition) is 8. The van der Waals surface area contributed by atoms with Crippen LogP contribution in [0.5, 0.6) is 0 Å². The summed E-state index contributed by atoms with van der Waals surface area (Å²) in [5.41, 5.74) is -1.58. The molecule has 1 N–H and O–H groups in total. The highest BCUT2D eigenvalue weighted by Gasteiger charge is 2.65. The van der Waals surface area contributed by atoms with Crippen molar-refractivity contribution in [1.29, 1.82) is 0 Å². The summed E-state index contributed by atoms with van der Waals surface area (Å²) in [6, 6.07) is 0. The molecule has 1 aromatic heterocycles. The highest BCUT2D eigenvalue weighted by molar-refractivity contribution is 7.13. The summed E-state index contributed by atoms with van der Waals surface area (Å²) in [7, 11) is 0. The lowest BCUT2D eigenvalue weighted by molar-refractivity contribution is -0.160. The normalized spacial score (nSPS) is 30.0. The van der Waals surface area contributed by atoms with Gasteiger partial charge in [-0.3, -0.25) is 9.59 Å². The van der Waals surface area contributed by atoms with Gasteiger partial charge in [-0.2, -0.15) is 0 Å². The zero-order chi connectivity index (χ0) is 19.7. The average molecular weight is 394 g/mol. The maximum Gasteiger partial charge on any atom is 0.324 e. The van der Waals surface area contributed by atoms with Gasteiger partial charge in [0.2, 0.25) is 0 Å². The van der Waals surface area contributed by atoms with E-state index < -0.39 is 29.1 Å². The Kier molecular flexibility index (Phi) is 5.58. The van der Waals surface area contributed by atoms with E-state index in [0.717, 1.165) is 5.13 Å². The van der Waals surface area contributed by atoms with E-state index in [1.165, 1.54) is 11.3 Å². The fourth-order valence-corrected chi connectivity index (χ4v) is 4.35. The quantitative estimate of drug-likeness (QED) is 0.412. The van der Waals surface area contributed by atoms with Crippen LogP contribution < -0.4 is 5.32 Å². The van der Waals surface area contributed by atoms with Gasteiger partial charge in [-0.1, -0.05) is 19.9 Å². The number of nitrogens with one attached hydrogen (secondary N) is 1. The maximum atomic E-state index is 12.7. The van der Waals surface area contributed by atoms with E-state index in [9.17, 15) is 9.59 Å². The third-order valence-electron chi connectivity index (χ3n) is 4.79. The van der Waals surface area contributed by atoms with E-state index in [1.54, 1.807) is 13.0 Å². The highest BCUT2D eigenvalue weighted by atomic mass is 32.1. The van der Waals surface area contributed by atoms with Crippen LogP contribution in [0.4, 0.5) is 5.13 Å². The number of anilines is 1. The van der Waals surface area contributed by atoms with Crippen molar-refractivity contribution < 1.29 is 23.8 Å². The number of aromatic nitrogens is 1. The SMILES string of the molecule is C=CCNc1nc([C@]2(C)C[C@@]3(C[C@H](COCC(C)C)OC3=O)C(=O)O2)cs1. The van der Waals surface area contributed by atoms with E-state index in [4.69, 9.17) is 14.2 Å². The zero-order valence-corrected chi connectivity index (χ0v) is 16.8. The number of carbonyl (C=O) groups is 2. The first-order valence-corrected chi connectivity index (χ1v) is 10.00. The Balaban J connectivity index is 1.71. The lowest BCUT2D eigenvalue weighted by Gasteiger charge is -2.20. The Bertz CT molecular complexity index is 733. The summed E-state index contributed by atoms with van der Waals surface area (Å²) in [4.78, 5) is 29.8. The van der Waals surface area contributed by atoms with Crippen LogP contribution in [0.25, 0.3) is 0 Å². The van der Waals surface area contributed by atoms with Crippen molar-refractivity contribution >= 4 is 28.4 Å². The summed E-state index contributed by atoms with van der Waals surface area (Å²) < 4.78 is 16.7. The number of nitrogens with zero attached hydrogens (tertiary/aromatic N) is 1. The number of cyclic esters (lactones) is 2. The van der Waals surface area contributed by atoms with Crippen molar-refractivity contribution in [1.82, 2.24) is 4.98 Å². The van der Waals surface area contributed by atoms with Crippen molar-refractivity contribution in [3.63, 3.8) is 0 Å². The molecule has 2 fully saturated rings. The number of hydrogen-bond donors (Lipinski definition) is 1. The number of carbonyl (C=O) groups excluding carboxylic acids is 2. The maximum absolute atomic E-state index is 12.7. The van der Waals surface area contributed by atoms with Gasteiger partial charge in [0.15, 0.2) is 16.1 Å². The van der Waals surface area contributed by atoms with Crippen LogP contribution in [0.1, 0.15) is 39.3 Å². The molecule has 3 atom stereocenters. The Morgan fingerprint density at radius 1 is 1.48 bits per heavy atom. The molecule has 0 aromatic carbocycles. The predicted octanol–water partition coefficient (Wildman–Crippen LogP) is 2.88. The summed E-state index contributed by atoms with van der Waals surface area (Å²) >= 11 is 1.42. The molecule has 0 amide bonds. The van der Waals surface area contributed by atoms with Gasteiger partial charge < -0.3 is 19.5 Å². The van der Waals surface area contributed by atoms with Gasteiger partial charge in [0.1, 0.15) is 6.10 Å². The first kappa shape index (κ1) is 19.8. The standard InChI is InChI=1S/C19H26N2O5S/c1-5-6-20-17-21-14(10-27-17)18(4)11-19(16(23)26-18)7-13(25-15(19)22)9-24-8-12(2)3/h5,10,12-13H,1,6-9,11H2,2-4H3,(H,20,21)/t13-,18+,19-/m1/s1. The molecule has 0 radical (unpaired) electrons. The average Bonchev–Trinajstić information content (AvgIpc) is 3.25. The molecular weight excluding hydrogens is 368 g/mol. The Labute approximate surface area is 163 Å². The van der Waals surface area contributed by atoms with Crippen molar-refractivity contribution in [3.05, 3.63) is 23.7 Å². The molecule has 27 heavy (non-hydrogen) atoms. The zero-order valence-electron chi connectivity index (χ0n) is 15.9. The van der Waals surface area contributed by atoms with Crippen LogP contribution in [-0.2, 0) is 29.4 Å². The van der Waals surface area contributed by atoms with Crippen molar-refractivity contribution in [2.45, 2.75) is 45.3 Å². The van der Waals surface area contributed by atoms with E-state index in [0.29, 0.717) is 31.4 Å². The second kappa shape index (κ2) is 7.59. The molecule has 0 bridgehead atoms. The molecule has 7 nitrogen and oxygen atoms in total. The predicted molar refractivity (Wildman–Crippen MR) is 101 cm³/mol. The van der Waals surface area contributed by atoms with Gasteiger partial charge in [-0.05, 0) is 12.8 Å². The second-order valence-electron chi connectivity index (χ2n) is 7.75. The summed E-state index contributed by atoms with van der Waals surface area (Å²) in [6.07, 6.45) is 1.82. The van der Waals surface area contributed by atoms with Gasteiger partial charge in [-0.15, -0.1) is 17.9 Å². The molecule has 0 unspecified atom stereocenters. The Morgan fingerprint density at radius 3 is 2.96 bits per heavy atom. The Hall–Kier alpha value is -1.93. The number of ether oxygens (including phenoxy) is 3. The molecular formula is C19H26N2O5S. The van der Waals surface area contributed by atoms with E-state index in [1.807, 2.05) is 19.2 Å². The molecule has 0 saturated carbocycles. The van der Waals surface area contributed by atoms with Crippen LogP contribution >= 0.6 is 11.3 Å². The smallest absolute Gasteiger partial charge is 0.324 e. The van der Waals surface area contributed by atoms with Crippen LogP contribution in [0.2, 0.25) is 0 Å². The third-order valence-corrected chi connectivity index (χ3v) is 5.59. The number of rotatable bonds is 8. The minimum absolute atomic E-state index is 0.225. The fraction of sp³-hybridized carbons (Fsp3) is 0.632. The molecule has 2 saturated heterocycles. The molecule has 8 heteroatoms. The molecule has 3 rings (SSSR count). The lowest BCUT2D eigenvalue weighted by atomic mass is 9.78. The lowest BCUT2D eigenvalue weighted by Crippen LogP contribution is -2.32. The van der Waals surface area contributed by atoms with Crippen LogP contribution in [0.15, 0.2) is 18.0 Å². The molecule has 2 aliphatic rings. The largest absolute Gasteiger partial charge is 0.459 e. The van der Waals surface area contributed by atoms with Gasteiger partial charge in [-0.25, -0.2) is 4.98 Å². The minimum Gasteiger partial charge on any atom is -0.459 e. The summed E-state index contributed by atoms with van der Waals surface area (Å²) in [6.45, 7) is 11.0. The van der Waals surface area contributed by atoms with Gasteiger partial charge in [0.05, 0.1) is 12.3 Å². The monoisotopic (exact) mass is 394 g/mol. The highest BCUT2D eigenvalue weighted by Crippen LogP contribution is 2.52. The number of thiazole rings is 1. The third kappa shape index (κ3) is 3.87. The van der Waals surface area contributed by atoms with Crippen LogP contribution in [0, 0.1) is 11.3 Å². The van der Waals surface area contributed by atoms with Gasteiger partial charge in [0, 0.05) is 31.4 Å². The molecule has 148 valence electrons. The molecule has 2 aliphatic heterocycles. The molecule has 1 spiro atoms. The second-order valence-corrected chi connectivity index (χ2v) is 8.61. The summed E-state index contributed by atoms with van der Waals surface area (Å²) in [5, 5.41) is 5.68. The Morgan fingerprint density at radius 2 is 2.26 bits per heavy atom. The van der Waals surface area contributed by atoms with E-state index in [-0.39, 0.29) is 12.8 Å². The topological polar surface area (TPSA) is 86.8 Å². The van der Waals surface area contributed by atoms with Crippen molar-refractivity contribution in [2.24, 2.45) is 11.3 Å².